The van der Waals surface area contributed by atoms with Crippen molar-refractivity contribution in [2.75, 3.05) is 31.0 Å². The number of methoxy groups -OCH3 is 2. The molecule has 1 aliphatic rings. The lowest BCUT2D eigenvalue weighted by Gasteiger charge is -2.48. The van der Waals surface area contributed by atoms with Crippen LogP contribution >= 0.6 is 11.8 Å². The number of ether oxygens (including phenoxy) is 2. The Kier molecular flexibility index (Phi) is 4.71. The van der Waals surface area contributed by atoms with Gasteiger partial charge in [0, 0.05) is 11.2 Å². The summed E-state index contributed by atoms with van der Waals surface area (Å²) in [7, 11) is 3.08. The molecule has 5 heteroatoms. The van der Waals surface area contributed by atoms with Crippen molar-refractivity contribution in [3.8, 4) is 5.75 Å². The molecule has 0 radical (unpaired) electrons. The van der Waals surface area contributed by atoms with E-state index in [0.717, 1.165) is 23.6 Å². The number of anilines is 1. The molecule has 1 fully saturated rings. The van der Waals surface area contributed by atoms with Crippen LogP contribution < -0.4 is 10.1 Å². The van der Waals surface area contributed by atoms with Gasteiger partial charge in [0.1, 0.15) is 11.3 Å². The van der Waals surface area contributed by atoms with Gasteiger partial charge < -0.3 is 14.8 Å². The molecule has 116 valence electrons. The van der Waals surface area contributed by atoms with Crippen molar-refractivity contribution < 1.29 is 14.3 Å². The van der Waals surface area contributed by atoms with Crippen molar-refractivity contribution in [1.82, 2.24) is 0 Å². The van der Waals surface area contributed by atoms with Crippen molar-refractivity contribution >= 4 is 23.4 Å². The monoisotopic (exact) mass is 309 g/mol. The van der Waals surface area contributed by atoms with Crippen LogP contribution in [0.25, 0.3) is 0 Å². The van der Waals surface area contributed by atoms with Crippen LogP contribution in [0.5, 0.6) is 5.75 Å². The molecule has 0 aliphatic carbocycles. The van der Waals surface area contributed by atoms with E-state index in [0.29, 0.717) is 5.75 Å². The molecule has 1 saturated heterocycles. The maximum Gasteiger partial charge on any atom is 0.332 e. The standard InChI is InChI=1S/C16H23NO3S/c1-15(2)9-10-21-11-16(15,14(18)20-4)17-12-7-5-6-8-13(12)19-3/h5-8,17H,9-11H2,1-4H3. The smallest absolute Gasteiger partial charge is 0.332 e. The van der Waals surface area contributed by atoms with Gasteiger partial charge in [-0.15, -0.1) is 0 Å². The maximum absolute atomic E-state index is 12.6. The van der Waals surface area contributed by atoms with Crippen LogP contribution in [-0.2, 0) is 9.53 Å². The molecule has 0 aromatic heterocycles. The number of rotatable bonds is 4. The molecule has 0 spiro atoms. The van der Waals surface area contributed by atoms with Gasteiger partial charge in [0.2, 0.25) is 0 Å². The molecule has 1 unspecified atom stereocenters. The Morgan fingerprint density at radius 3 is 2.62 bits per heavy atom. The lowest BCUT2D eigenvalue weighted by molar-refractivity contribution is -0.149. The van der Waals surface area contributed by atoms with Crippen molar-refractivity contribution in [2.45, 2.75) is 25.8 Å². The molecule has 0 amide bonds. The highest BCUT2D eigenvalue weighted by Gasteiger charge is 2.54. The van der Waals surface area contributed by atoms with Crippen LogP contribution in [-0.4, -0.2) is 37.2 Å². The second-order valence-corrected chi connectivity index (χ2v) is 7.01. The van der Waals surface area contributed by atoms with E-state index in [4.69, 9.17) is 9.47 Å². The SMILES string of the molecule is COC(=O)C1(Nc2ccccc2OC)CSCCC1(C)C. The zero-order chi connectivity index (χ0) is 15.5. The van der Waals surface area contributed by atoms with Crippen molar-refractivity contribution in [2.24, 2.45) is 5.41 Å². The predicted molar refractivity (Wildman–Crippen MR) is 87.1 cm³/mol. The van der Waals surface area contributed by atoms with Crippen LogP contribution in [0.3, 0.4) is 0 Å². The van der Waals surface area contributed by atoms with Crippen LogP contribution in [0.1, 0.15) is 20.3 Å². The number of benzene rings is 1. The zero-order valence-electron chi connectivity index (χ0n) is 13.1. The Morgan fingerprint density at radius 2 is 2.00 bits per heavy atom. The van der Waals surface area contributed by atoms with Gasteiger partial charge in [-0.1, -0.05) is 26.0 Å². The molecule has 1 aliphatic heterocycles. The summed E-state index contributed by atoms with van der Waals surface area (Å²) in [5.74, 6) is 2.25. The highest BCUT2D eigenvalue weighted by molar-refractivity contribution is 7.99. The highest BCUT2D eigenvalue weighted by Crippen LogP contribution is 2.46. The zero-order valence-corrected chi connectivity index (χ0v) is 13.9. The lowest BCUT2D eigenvalue weighted by Crippen LogP contribution is -2.61. The van der Waals surface area contributed by atoms with Gasteiger partial charge in [-0.05, 0) is 24.3 Å². The van der Waals surface area contributed by atoms with Crippen LogP contribution in [0.15, 0.2) is 24.3 Å². The van der Waals surface area contributed by atoms with Crippen LogP contribution in [0, 0.1) is 5.41 Å². The molecule has 0 saturated carbocycles. The van der Waals surface area contributed by atoms with Crippen molar-refractivity contribution in [3.63, 3.8) is 0 Å². The average Bonchev–Trinajstić information content (AvgIpc) is 2.49. The molecular weight excluding hydrogens is 286 g/mol. The third-order valence-electron chi connectivity index (χ3n) is 4.33. The summed E-state index contributed by atoms with van der Waals surface area (Å²) in [6, 6.07) is 7.66. The fraction of sp³-hybridized carbons (Fsp3) is 0.562. The normalized spacial score (nSPS) is 24.2. The predicted octanol–water partition coefficient (Wildman–Crippen LogP) is 3.18. The number of hydrogen-bond acceptors (Lipinski definition) is 5. The van der Waals surface area contributed by atoms with Gasteiger partial charge in [0.05, 0.1) is 19.9 Å². The molecule has 1 aromatic carbocycles. The van der Waals surface area contributed by atoms with E-state index in [9.17, 15) is 4.79 Å². The van der Waals surface area contributed by atoms with E-state index in [1.54, 1.807) is 18.9 Å². The van der Waals surface area contributed by atoms with E-state index >= 15 is 0 Å². The first-order chi connectivity index (χ1) is 9.97. The summed E-state index contributed by atoms with van der Waals surface area (Å²) < 4.78 is 10.5. The van der Waals surface area contributed by atoms with Gasteiger partial charge in [0.25, 0.3) is 0 Å². The van der Waals surface area contributed by atoms with Crippen LogP contribution in [0.2, 0.25) is 0 Å². The molecule has 0 bridgehead atoms. The number of nitrogens with one attached hydrogen (secondary N) is 1. The Balaban J connectivity index is 2.44. The molecule has 21 heavy (non-hydrogen) atoms. The largest absolute Gasteiger partial charge is 0.495 e. The first-order valence-electron chi connectivity index (χ1n) is 7.04. The Hall–Kier alpha value is -1.36. The van der Waals surface area contributed by atoms with E-state index in [1.807, 2.05) is 24.3 Å². The molecular formula is C16H23NO3S. The summed E-state index contributed by atoms with van der Waals surface area (Å²) in [4.78, 5) is 12.6. The summed E-state index contributed by atoms with van der Waals surface area (Å²) in [5.41, 5.74) is -0.133. The number of thioether (sulfide) groups is 1. The van der Waals surface area contributed by atoms with Gasteiger partial charge in [-0.3, -0.25) is 0 Å². The third-order valence-corrected chi connectivity index (χ3v) is 5.46. The number of para-hydroxylation sites is 2. The molecule has 1 atom stereocenters. The van der Waals surface area contributed by atoms with Gasteiger partial charge in [-0.2, -0.15) is 11.8 Å². The summed E-state index contributed by atoms with van der Waals surface area (Å²) in [6.07, 6.45) is 0.953. The molecule has 2 rings (SSSR count). The molecule has 1 heterocycles. The number of carbonyl (C=O) groups is 1. The summed E-state index contributed by atoms with van der Waals surface area (Å²) >= 11 is 1.78. The Labute approximate surface area is 130 Å². The fourth-order valence-electron chi connectivity index (χ4n) is 2.70. The summed E-state index contributed by atoms with van der Waals surface area (Å²) in [5, 5.41) is 3.43. The molecule has 4 nitrogen and oxygen atoms in total. The number of esters is 1. The minimum absolute atomic E-state index is 0.202. The average molecular weight is 309 g/mol. The molecule has 1 aromatic rings. The number of hydrogen-bond donors (Lipinski definition) is 1. The second kappa shape index (κ2) is 6.18. The Morgan fingerprint density at radius 1 is 1.29 bits per heavy atom. The van der Waals surface area contributed by atoms with Crippen molar-refractivity contribution in [3.05, 3.63) is 24.3 Å². The highest BCUT2D eigenvalue weighted by atomic mass is 32.2. The first-order valence-corrected chi connectivity index (χ1v) is 8.20. The van der Waals surface area contributed by atoms with Crippen LogP contribution in [0.4, 0.5) is 5.69 Å². The van der Waals surface area contributed by atoms with Gasteiger partial charge in [-0.25, -0.2) is 4.79 Å². The third kappa shape index (κ3) is 2.84. The van der Waals surface area contributed by atoms with E-state index in [1.165, 1.54) is 7.11 Å². The molecule has 1 N–H and O–H groups in total. The summed E-state index contributed by atoms with van der Waals surface area (Å²) in [6.45, 7) is 4.23. The number of carbonyl (C=O) groups excluding carboxylic acids is 1. The maximum atomic E-state index is 12.6. The van der Waals surface area contributed by atoms with E-state index in [-0.39, 0.29) is 11.4 Å². The van der Waals surface area contributed by atoms with E-state index in [2.05, 4.69) is 19.2 Å². The van der Waals surface area contributed by atoms with Gasteiger partial charge >= 0.3 is 5.97 Å². The fourth-order valence-corrected chi connectivity index (χ4v) is 4.39. The minimum atomic E-state index is -0.751. The van der Waals surface area contributed by atoms with Gasteiger partial charge in [0.15, 0.2) is 0 Å². The lowest BCUT2D eigenvalue weighted by atomic mass is 9.70. The minimum Gasteiger partial charge on any atom is -0.495 e. The topological polar surface area (TPSA) is 47.6 Å². The Bertz CT molecular complexity index is 518. The quantitative estimate of drug-likeness (QED) is 0.866. The van der Waals surface area contributed by atoms with E-state index < -0.39 is 5.54 Å². The van der Waals surface area contributed by atoms with Crippen molar-refractivity contribution in [1.29, 1.82) is 0 Å². The second-order valence-electron chi connectivity index (χ2n) is 5.91. The first kappa shape index (κ1) is 16.0.